The molecule has 1 heterocycles. The first-order valence-electron chi connectivity index (χ1n) is 11.7. The molecule has 0 unspecified atom stereocenters. The molecule has 1 aliphatic rings. The average Bonchev–Trinajstić information content (AvgIpc) is 3.46. The number of aryl methyl sites for hydroxylation is 1. The maximum absolute atomic E-state index is 14.4. The molecule has 1 N–H and O–H groups in total. The summed E-state index contributed by atoms with van der Waals surface area (Å²) < 4.78 is 35.8. The van der Waals surface area contributed by atoms with Crippen LogP contribution in [0.15, 0.2) is 66.9 Å². The summed E-state index contributed by atoms with van der Waals surface area (Å²) in [5.74, 6) is -0.0701. The topological polar surface area (TPSA) is 56.1 Å². The predicted octanol–water partition coefficient (Wildman–Crippen LogP) is 6.04. The third kappa shape index (κ3) is 4.63. The van der Waals surface area contributed by atoms with E-state index in [1.165, 1.54) is 18.2 Å². The number of benzene rings is 3. The van der Waals surface area contributed by atoms with Gasteiger partial charge in [-0.25, -0.2) is 13.5 Å². The Bertz CT molecular complexity index is 1390. The van der Waals surface area contributed by atoms with E-state index in [-0.39, 0.29) is 29.0 Å². The van der Waals surface area contributed by atoms with Gasteiger partial charge in [0.15, 0.2) is 0 Å². The van der Waals surface area contributed by atoms with Crippen molar-refractivity contribution < 1.29 is 18.3 Å². The Morgan fingerprint density at radius 3 is 2.51 bits per heavy atom. The maximum atomic E-state index is 14.4. The third-order valence-electron chi connectivity index (χ3n) is 6.76. The molecule has 2 atom stereocenters. The Hall–Kier alpha value is -3.74. The number of hydrogen-bond acceptors (Lipinski definition) is 3. The number of carbonyl (C=O) groups is 1. The Labute approximate surface area is 202 Å². The van der Waals surface area contributed by atoms with Crippen molar-refractivity contribution in [2.45, 2.75) is 45.8 Å². The van der Waals surface area contributed by atoms with Gasteiger partial charge < -0.3 is 10.1 Å². The van der Waals surface area contributed by atoms with E-state index in [4.69, 9.17) is 4.74 Å². The van der Waals surface area contributed by atoms with Crippen LogP contribution in [0.4, 0.5) is 8.78 Å². The molecule has 4 aromatic rings. The fourth-order valence-corrected chi connectivity index (χ4v) is 4.14. The lowest BCUT2D eigenvalue weighted by Crippen LogP contribution is -2.42. The van der Waals surface area contributed by atoms with Crippen LogP contribution in [0.2, 0.25) is 0 Å². The molecule has 5 nitrogen and oxygen atoms in total. The zero-order chi connectivity index (χ0) is 24.7. The van der Waals surface area contributed by atoms with Crippen LogP contribution in [0, 0.1) is 24.0 Å². The zero-order valence-corrected chi connectivity index (χ0v) is 19.9. The molecule has 0 bridgehead atoms. The van der Waals surface area contributed by atoms with Crippen molar-refractivity contribution in [1.82, 2.24) is 15.1 Å². The van der Waals surface area contributed by atoms with Crippen LogP contribution in [0.5, 0.6) is 5.75 Å². The molecule has 0 spiro atoms. The van der Waals surface area contributed by atoms with Gasteiger partial charge in [-0.05, 0) is 86.3 Å². The number of nitrogens with one attached hydrogen (secondary N) is 1. The summed E-state index contributed by atoms with van der Waals surface area (Å²) in [6, 6.07) is 16.3. The van der Waals surface area contributed by atoms with E-state index in [2.05, 4.69) is 10.4 Å². The molecule has 1 amide bonds. The molecule has 1 aliphatic carbocycles. The van der Waals surface area contributed by atoms with Gasteiger partial charge in [0.2, 0.25) is 5.91 Å². The first-order valence-corrected chi connectivity index (χ1v) is 11.7. The van der Waals surface area contributed by atoms with Gasteiger partial charge in [-0.1, -0.05) is 19.1 Å². The molecule has 7 heteroatoms. The van der Waals surface area contributed by atoms with Crippen molar-refractivity contribution >= 4 is 16.8 Å². The lowest BCUT2D eigenvalue weighted by atomic mass is 10.00. The monoisotopic (exact) mass is 475 g/mol. The first kappa shape index (κ1) is 23.0. The van der Waals surface area contributed by atoms with Crippen LogP contribution >= 0.6 is 0 Å². The minimum atomic E-state index is -0.596. The van der Waals surface area contributed by atoms with E-state index in [1.54, 1.807) is 36.0 Å². The standard InChI is InChI=1S/C28H27F2N3O2/c1-17-4-5-19(15-24(17)30)26(18(2)32-27(34)28(3)12-13-28)35-23-10-11-25-20(14-23)16-31-33(25)22-8-6-21(29)7-9-22/h4-11,14-16,18,26H,12-13H2,1-3H3,(H,32,34)/t18-,26+/m0/s1. The fourth-order valence-electron chi connectivity index (χ4n) is 4.14. The summed E-state index contributed by atoms with van der Waals surface area (Å²) >= 11 is 0. The van der Waals surface area contributed by atoms with Gasteiger partial charge in [-0.3, -0.25) is 4.79 Å². The van der Waals surface area contributed by atoms with Crippen molar-refractivity contribution in [2.75, 3.05) is 0 Å². The van der Waals surface area contributed by atoms with Crippen LogP contribution in [-0.4, -0.2) is 21.7 Å². The fraction of sp³-hybridized carbons (Fsp3) is 0.286. The van der Waals surface area contributed by atoms with Gasteiger partial charge in [0.1, 0.15) is 23.5 Å². The van der Waals surface area contributed by atoms with Crippen LogP contribution in [0.25, 0.3) is 16.6 Å². The molecule has 3 aromatic carbocycles. The molecule has 180 valence electrons. The molecule has 1 aromatic heterocycles. The number of fused-ring (bicyclic) bond motifs is 1. The maximum Gasteiger partial charge on any atom is 0.226 e. The van der Waals surface area contributed by atoms with Gasteiger partial charge in [0.05, 0.1) is 23.4 Å². The number of aromatic nitrogens is 2. The van der Waals surface area contributed by atoms with E-state index in [0.717, 1.165) is 29.4 Å². The number of carbonyl (C=O) groups excluding carboxylic acids is 1. The number of halogens is 2. The second-order valence-corrected chi connectivity index (χ2v) is 9.62. The predicted molar refractivity (Wildman–Crippen MR) is 130 cm³/mol. The zero-order valence-electron chi connectivity index (χ0n) is 19.9. The Morgan fingerprint density at radius 1 is 1.09 bits per heavy atom. The number of nitrogens with zero attached hydrogens (tertiary/aromatic N) is 2. The Balaban J connectivity index is 1.44. The van der Waals surface area contributed by atoms with E-state index < -0.39 is 6.10 Å². The molecule has 0 radical (unpaired) electrons. The normalized spacial score (nSPS) is 16.0. The number of rotatable bonds is 7. The van der Waals surface area contributed by atoms with Crippen LogP contribution in [0.3, 0.4) is 0 Å². The second-order valence-electron chi connectivity index (χ2n) is 9.62. The van der Waals surface area contributed by atoms with Crippen molar-refractivity contribution in [3.8, 4) is 11.4 Å². The van der Waals surface area contributed by atoms with E-state index in [1.807, 2.05) is 38.1 Å². The molecular weight excluding hydrogens is 448 g/mol. The number of hydrogen-bond donors (Lipinski definition) is 1. The Kier molecular flexibility index (Phi) is 5.79. The summed E-state index contributed by atoms with van der Waals surface area (Å²) in [5.41, 5.74) is 2.44. The summed E-state index contributed by atoms with van der Waals surface area (Å²) in [6.45, 7) is 5.53. The summed E-state index contributed by atoms with van der Waals surface area (Å²) in [5, 5.41) is 8.34. The van der Waals surface area contributed by atoms with Gasteiger partial charge in [-0.15, -0.1) is 0 Å². The molecule has 35 heavy (non-hydrogen) atoms. The highest BCUT2D eigenvalue weighted by molar-refractivity contribution is 5.85. The molecule has 0 saturated heterocycles. The lowest BCUT2D eigenvalue weighted by molar-refractivity contribution is -0.127. The first-order chi connectivity index (χ1) is 16.7. The summed E-state index contributed by atoms with van der Waals surface area (Å²) in [6.07, 6.45) is 2.85. The minimum absolute atomic E-state index is 0.0118. The highest BCUT2D eigenvalue weighted by Gasteiger charge is 2.45. The van der Waals surface area contributed by atoms with E-state index in [9.17, 15) is 13.6 Å². The van der Waals surface area contributed by atoms with Gasteiger partial charge in [0, 0.05) is 10.8 Å². The van der Waals surface area contributed by atoms with Crippen molar-refractivity contribution in [3.63, 3.8) is 0 Å². The SMILES string of the molecule is Cc1ccc([C@H](Oc2ccc3c(cnn3-c3ccc(F)cc3)c2)[C@H](C)NC(=O)C2(C)CC2)cc1F. The van der Waals surface area contributed by atoms with Crippen molar-refractivity contribution in [1.29, 1.82) is 0 Å². The minimum Gasteiger partial charge on any atom is -0.484 e. The van der Waals surface area contributed by atoms with Crippen molar-refractivity contribution in [2.24, 2.45) is 5.41 Å². The van der Waals surface area contributed by atoms with Crippen LogP contribution in [-0.2, 0) is 4.79 Å². The van der Waals surface area contributed by atoms with Gasteiger partial charge in [0.25, 0.3) is 0 Å². The largest absolute Gasteiger partial charge is 0.484 e. The number of amides is 1. The lowest BCUT2D eigenvalue weighted by Gasteiger charge is -2.28. The van der Waals surface area contributed by atoms with E-state index in [0.29, 0.717) is 16.9 Å². The summed E-state index contributed by atoms with van der Waals surface area (Å²) in [4.78, 5) is 12.7. The molecule has 5 rings (SSSR count). The molecule has 0 aliphatic heterocycles. The highest BCUT2D eigenvalue weighted by atomic mass is 19.1. The smallest absolute Gasteiger partial charge is 0.226 e. The van der Waals surface area contributed by atoms with Gasteiger partial charge in [-0.2, -0.15) is 5.10 Å². The van der Waals surface area contributed by atoms with Crippen molar-refractivity contribution in [3.05, 3.63) is 89.6 Å². The Morgan fingerprint density at radius 2 is 1.83 bits per heavy atom. The average molecular weight is 476 g/mol. The molecule has 1 saturated carbocycles. The molecular formula is C28H27F2N3O2. The van der Waals surface area contributed by atoms with Crippen LogP contribution < -0.4 is 10.1 Å². The van der Waals surface area contributed by atoms with Crippen LogP contribution in [0.1, 0.15) is 43.9 Å². The van der Waals surface area contributed by atoms with Gasteiger partial charge >= 0.3 is 0 Å². The van der Waals surface area contributed by atoms with E-state index >= 15 is 0 Å². The number of ether oxygens (including phenoxy) is 1. The quantitative estimate of drug-likeness (QED) is 0.355. The molecule has 1 fully saturated rings. The summed E-state index contributed by atoms with van der Waals surface area (Å²) in [7, 11) is 0. The highest BCUT2D eigenvalue weighted by Crippen LogP contribution is 2.45. The second kappa shape index (κ2) is 8.80. The third-order valence-corrected chi connectivity index (χ3v) is 6.76.